The lowest BCUT2D eigenvalue weighted by Gasteiger charge is -2.33. The third-order valence-electron chi connectivity index (χ3n) is 5.68. The van der Waals surface area contributed by atoms with Gasteiger partial charge in [0.1, 0.15) is 9.84 Å². The number of anilines is 1. The summed E-state index contributed by atoms with van der Waals surface area (Å²) in [6.45, 7) is 1.59. The average molecular weight is 425 g/mol. The van der Waals surface area contributed by atoms with Gasteiger partial charge in [0.05, 0.1) is 11.0 Å². The molecule has 156 valence electrons. The van der Waals surface area contributed by atoms with Crippen LogP contribution in [0, 0.1) is 5.41 Å². The summed E-state index contributed by atoms with van der Waals surface area (Å²) in [4.78, 5) is 13.0. The predicted molar refractivity (Wildman–Crippen MR) is 119 cm³/mol. The van der Waals surface area contributed by atoms with E-state index in [0.29, 0.717) is 18.5 Å². The Bertz CT molecular complexity index is 782. The Morgan fingerprint density at radius 1 is 1.21 bits per heavy atom. The third-order valence-corrected chi connectivity index (χ3v) is 7.26. The average Bonchev–Trinajstić information content (AvgIpc) is 3.09. The Hall–Kier alpha value is -1.47. The molecule has 1 fully saturated rings. The van der Waals surface area contributed by atoms with Crippen LogP contribution >= 0.6 is 12.2 Å². The van der Waals surface area contributed by atoms with Crippen LogP contribution in [0.1, 0.15) is 57.4 Å². The molecule has 28 heavy (non-hydrogen) atoms. The highest BCUT2D eigenvalue weighted by atomic mass is 32.2. The van der Waals surface area contributed by atoms with E-state index in [0.717, 1.165) is 49.1 Å². The van der Waals surface area contributed by atoms with Gasteiger partial charge in [0.2, 0.25) is 0 Å². The summed E-state index contributed by atoms with van der Waals surface area (Å²) < 4.78 is 22.7. The molecule has 0 aromatic heterocycles. The number of rotatable bonds is 10. The second kappa shape index (κ2) is 9.83. The number of nitrogens with two attached hydrogens (primary N) is 1. The fourth-order valence-electron chi connectivity index (χ4n) is 3.97. The minimum atomic E-state index is -2.93. The monoisotopic (exact) mass is 424 g/mol. The maximum absolute atomic E-state index is 12.2. The second-order valence-corrected chi connectivity index (χ2v) is 10.8. The Kier molecular flexibility index (Phi) is 8.01. The summed E-state index contributed by atoms with van der Waals surface area (Å²) in [6, 6.07) is 7.19. The normalized spacial score (nSPS) is 17.2. The van der Waals surface area contributed by atoms with Crippen LogP contribution < -0.4 is 11.1 Å². The standard InChI is InChI=1S/C21H32N2O3S2/c1-16(24)19(15-17-7-9-18(22)10-8-17)23-20(27)21(11-3-4-12-21)13-5-6-14-28(2,25)26/h7-10,19H,3-6,11-15,22H2,1-2H3,(H,23,27). The topological polar surface area (TPSA) is 89.3 Å². The summed E-state index contributed by atoms with van der Waals surface area (Å²) >= 11 is 5.78. The van der Waals surface area contributed by atoms with Crippen molar-refractivity contribution in [2.45, 2.75) is 64.3 Å². The van der Waals surface area contributed by atoms with Gasteiger partial charge in [-0.2, -0.15) is 0 Å². The highest BCUT2D eigenvalue weighted by molar-refractivity contribution is 7.90. The zero-order valence-corrected chi connectivity index (χ0v) is 18.5. The van der Waals surface area contributed by atoms with E-state index in [1.807, 2.05) is 24.3 Å². The smallest absolute Gasteiger partial charge is 0.152 e. The zero-order valence-electron chi connectivity index (χ0n) is 16.9. The van der Waals surface area contributed by atoms with Crippen molar-refractivity contribution < 1.29 is 13.2 Å². The number of benzene rings is 1. The molecule has 0 amide bonds. The maximum Gasteiger partial charge on any atom is 0.152 e. The molecule has 1 atom stereocenters. The van der Waals surface area contributed by atoms with Gasteiger partial charge in [0.25, 0.3) is 0 Å². The van der Waals surface area contributed by atoms with Gasteiger partial charge in [-0.15, -0.1) is 0 Å². The van der Waals surface area contributed by atoms with E-state index in [4.69, 9.17) is 18.0 Å². The van der Waals surface area contributed by atoms with Crippen LogP contribution in [0.25, 0.3) is 0 Å². The number of Topliss-reactive ketones (excluding diaryl/α,β-unsaturated/α-hetero) is 1. The van der Waals surface area contributed by atoms with E-state index in [1.54, 1.807) is 6.92 Å². The molecule has 0 aliphatic heterocycles. The van der Waals surface area contributed by atoms with Gasteiger partial charge >= 0.3 is 0 Å². The van der Waals surface area contributed by atoms with Crippen molar-refractivity contribution in [1.29, 1.82) is 0 Å². The van der Waals surface area contributed by atoms with Crippen molar-refractivity contribution in [3.63, 3.8) is 0 Å². The summed E-state index contributed by atoms with van der Waals surface area (Å²) in [5.41, 5.74) is 7.37. The first kappa shape index (κ1) is 22.8. The largest absolute Gasteiger partial charge is 0.399 e. The molecular formula is C21H32N2O3S2. The molecule has 0 radical (unpaired) electrons. The minimum Gasteiger partial charge on any atom is -0.399 e. The summed E-state index contributed by atoms with van der Waals surface area (Å²) in [5, 5.41) is 3.35. The molecule has 1 aromatic rings. The maximum atomic E-state index is 12.2. The number of thiocarbonyl (C=S) groups is 1. The van der Waals surface area contributed by atoms with Crippen molar-refractivity contribution in [3.05, 3.63) is 29.8 Å². The molecule has 1 aliphatic rings. The Balaban J connectivity index is 2.01. The van der Waals surface area contributed by atoms with Gasteiger partial charge in [0.15, 0.2) is 5.78 Å². The number of carbonyl (C=O) groups is 1. The zero-order chi connectivity index (χ0) is 20.8. The molecule has 0 bridgehead atoms. The number of nitrogen functional groups attached to an aromatic ring is 1. The van der Waals surface area contributed by atoms with Gasteiger partial charge in [-0.1, -0.05) is 43.6 Å². The molecule has 1 aliphatic carbocycles. The van der Waals surface area contributed by atoms with E-state index in [9.17, 15) is 13.2 Å². The minimum absolute atomic E-state index is 0.0596. The van der Waals surface area contributed by atoms with Crippen LogP contribution in [0.4, 0.5) is 5.69 Å². The Morgan fingerprint density at radius 3 is 2.36 bits per heavy atom. The van der Waals surface area contributed by atoms with E-state index < -0.39 is 9.84 Å². The fraction of sp³-hybridized carbons (Fsp3) is 0.619. The molecule has 3 N–H and O–H groups in total. The van der Waals surface area contributed by atoms with Crippen LogP contribution in [0.3, 0.4) is 0 Å². The molecule has 2 rings (SSSR count). The highest BCUT2D eigenvalue weighted by Gasteiger charge is 2.38. The van der Waals surface area contributed by atoms with E-state index >= 15 is 0 Å². The van der Waals surface area contributed by atoms with Crippen LogP contribution in [0.2, 0.25) is 0 Å². The van der Waals surface area contributed by atoms with E-state index in [2.05, 4.69) is 5.32 Å². The van der Waals surface area contributed by atoms with Crippen LogP contribution in [0.15, 0.2) is 24.3 Å². The summed E-state index contributed by atoms with van der Waals surface area (Å²) in [6.07, 6.45) is 8.46. The summed E-state index contributed by atoms with van der Waals surface area (Å²) in [7, 11) is -2.93. The quantitative estimate of drug-likeness (QED) is 0.340. The lowest BCUT2D eigenvalue weighted by molar-refractivity contribution is -0.118. The molecule has 5 nitrogen and oxygen atoms in total. The van der Waals surface area contributed by atoms with E-state index in [1.165, 1.54) is 6.26 Å². The molecular weight excluding hydrogens is 392 g/mol. The number of carbonyl (C=O) groups excluding carboxylic acids is 1. The lowest BCUT2D eigenvalue weighted by Crippen LogP contribution is -2.47. The molecule has 1 unspecified atom stereocenters. The van der Waals surface area contributed by atoms with Crippen molar-refractivity contribution in [3.8, 4) is 0 Å². The lowest BCUT2D eigenvalue weighted by atomic mass is 9.80. The van der Waals surface area contributed by atoms with Crippen molar-refractivity contribution in [2.75, 3.05) is 17.7 Å². The number of sulfone groups is 1. The van der Waals surface area contributed by atoms with Crippen LogP contribution in [-0.2, 0) is 21.1 Å². The number of ketones is 1. The van der Waals surface area contributed by atoms with Gasteiger partial charge in [-0.05, 0) is 56.7 Å². The number of nitrogens with one attached hydrogen (secondary N) is 1. The van der Waals surface area contributed by atoms with Gasteiger partial charge < -0.3 is 11.1 Å². The van der Waals surface area contributed by atoms with Crippen molar-refractivity contribution in [2.24, 2.45) is 5.41 Å². The van der Waals surface area contributed by atoms with Gasteiger partial charge in [-0.25, -0.2) is 8.42 Å². The first-order valence-corrected chi connectivity index (χ1v) is 12.4. The van der Waals surface area contributed by atoms with Gasteiger partial charge in [-0.3, -0.25) is 4.79 Å². The molecule has 0 spiro atoms. The second-order valence-electron chi connectivity index (χ2n) is 8.16. The van der Waals surface area contributed by atoms with Crippen molar-refractivity contribution in [1.82, 2.24) is 5.32 Å². The molecule has 7 heteroatoms. The number of hydrogen-bond acceptors (Lipinski definition) is 5. The Morgan fingerprint density at radius 2 is 1.82 bits per heavy atom. The van der Waals surface area contributed by atoms with Crippen molar-refractivity contribution >= 4 is 38.5 Å². The highest BCUT2D eigenvalue weighted by Crippen LogP contribution is 2.43. The van der Waals surface area contributed by atoms with E-state index in [-0.39, 0.29) is 23.0 Å². The fourth-order valence-corrected chi connectivity index (χ4v) is 5.14. The Labute approximate surface area is 174 Å². The summed E-state index contributed by atoms with van der Waals surface area (Å²) in [5.74, 6) is 0.278. The van der Waals surface area contributed by atoms with Gasteiger partial charge in [0, 0.05) is 23.1 Å². The molecule has 0 heterocycles. The van der Waals surface area contributed by atoms with Crippen LogP contribution in [0.5, 0.6) is 0 Å². The SMILES string of the molecule is CC(=O)C(Cc1ccc(N)cc1)NC(=S)C1(CCCCS(C)(=O)=O)CCCC1. The van der Waals surface area contributed by atoms with Crippen LogP contribution in [-0.4, -0.2) is 37.2 Å². The number of unbranched alkanes of at least 4 members (excludes halogenated alkanes) is 1. The first-order valence-electron chi connectivity index (χ1n) is 9.95. The number of hydrogen-bond donors (Lipinski definition) is 2. The third kappa shape index (κ3) is 6.85. The predicted octanol–water partition coefficient (Wildman–Crippen LogP) is 3.46. The molecule has 1 aromatic carbocycles. The molecule has 0 saturated heterocycles. The molecule has 1 saturated carbocycles. The first-order chi connectivity index (χ1) is 13.1.